The van der Waals surface area contributed by atoms with Crippen molar-refractivity contribution in [3.05, 3.63) is 44.7 Å². The molecule has 2 nitrogen and oxygen atoms in total. The van der Waals surface area contributed by atoms with E-state index in [9.17, 15) is 13.2 Å². The first-order valence-electron chi connectivity index (χ1n) is 4.84. The van der Waals surface area contributed by atoms with E-state index in [0.29, 0.717) is 10.6 Å². The minimum atomic E-state index is -4.55. The molecule has 0 atom stereocenters. The fraction of sp³-hybridized carbons (Fsp3) is 0.0909. The molecule has 0 aliphatic rings. The zero-order valence-corrected chi connectivity index (χ0v) is 12.1. The Hall–Kier alpha value is -0.850. The molecule has 0 unspecified atom stereocenters. The van der Waals surface area contributed by atoms with Gasteiger partial charge in [0.05, 0.1) is 15.7 Å². The minimum Gasteiger partial charge on any atom is -0.222 e. The lowest BCUT2D eigenvalue weighted by molar-refractivity contribution is -0.141. The van der Waals surface area contributed by atoms with E-state index in [1.165, 1.54) is 18.2 Å². The number of alkyl halides is 3. The molecule has 2 rings (SSSR count). The largest absolute Gasteiger partial charge is 0.433 e. The lowest BCUT2D eigenvalue weighted by atomic mass is 10.1. The van der Waals surface area contributed by atoms with Crippen molar-refractivity contribution in [3.8, 4) is 11.3 Å². The lowest BCUT2D eigenvalue weighted by Crippen LogP contribution is -2.09. The van der Waals surface area contributed by atoms with E-state index in [2.05, 4.69) is 25.9 Å². The summed E-state index contributed by atoms with van der Waals surface area (Å²) in [6, 6.07) is 5.31. The van der Waals surface area contributed by atoms with Crippen LogP contribution in [-0.4, -0.2) is 9.97 Å². The van der Waals surface area contributed by atoms with Crippen LogP contribution in [0.1, 0.15) is 5.69 Å². The third-order valence-electron chi connectivity index (χ3n) is 2.20. The van der Waals surface area contributed by atoms with E-state index >= 15 is 0 Å². The van der Waals surface area contributed by atoms with E-state index in [1.54, 1.807) is 0 Å². The van der Waals surface area contributed by atoms with Crippen LogP contribution in [0.5, 0.6) is 0 Å². The molecular weight excluding hydrogens is 368 g/mol. The summed E-state index contributed by atoms with van der Waals surface area (Å²) in [5.74, 6) is 0. The highest BCUT2D eigenvalue weighted by Crippen LogP contribution is 2.33. The van der Waals surface area contributed by atoms with Gasteiger partial charge in [-0.25, -0.2) is 9.97 Å². The number of halogens is 6. The third kappa shape index (κ3) is 3.38. The second-order valence-corrected chi connectivity index (χ2v) is 5.06. The summed E-state index contributed by atoms with van der Waals surface area (Å²) in [7, 11) is 0. The van der Waals surface area contributed by atoms with Gasteiger partial charge in [0, 0.05) is 5.56 Å². The first-order chi connectivity index (χ1) is 8.77. The number of hydrogen-bond donors (Lipinski definition) is 0. The molecule has 0 aliphatic carbocycles. The Morgan fingerprint density at radius 1 is 1.00 bits per heavy atom. The van der Waals surface area contributed by atoms with Gasteiger partial charge >= 0.3 is 6.18 Å². The lowest BCUT2D eigenvalue weighted by Gasteiger charge is -2.09. The Balaban J connectivity index is 2.56. The zero-order valence-electron chi connectivity index (χ0n) is 8.97. The van der Waals surface area contributed by atoms with Gasteiger partial charge < -0.3 is 0 Å². The number of benzene rings is 1. The average Bonchev–Trinajstić information content (AvgIpc) is 2.31. The molecule has 1 aromatic heterocycles. The molecule has 1 aromatic carbocycles. The van der Waals surface area contributed by atoms with Crippen LogP contribution in [0.25, 0.3) is 11.3 Å². The van der Waals surface area contributed by atoms with Crippen molar-refractivity contribution < 1.29 is 13.2 Å². The van der Waals surface area contributed by atoms with E-state index in [-0.39, 0.29) is 15.5 Å². The number of nitrogens with zero attached hydrogens (tertiary/aromatic N) is 2. The molecule has 0 saturated heterocycles. The van der Waals surface area contributed by atoms with Gasteiger partial charge in [0.25, 0.3) is 0 Å². The highest BCUT2D eigenvalue weighted by atomic mass is 79.9. The maximum atomic E-state index is 12.6. The quantitative estimate of drug-likeness (QED) is 0.641. The van der Waals surface area contributed by atoms with Crippen LogP contribution < -0.4 is 0 Å². The summed E-state index contributed by atoms with van der Waals surface area (Å²) >= 11 is 14.4. The zero-order chi connectivity index (χ0) is 14.2. The number of hydrogen-bond acceptors (Lipinski definition) is 2. The van der Waals surface area contributed by atoms with Crippen LogP contribution in [0.3, 0.4) is 0 Å². The summed E-state index contributed by atoms with van der Waals surface area (Å²) in [5, 5.41) is 0.553. The molecule has 0 N–H and O–H groups in total. The summed E-state index contributed by atoms with van der Waals surface area (Å²) in [6.45, 7) is 0. The molecule has 0 aliphatic heterocycles. The molecule has 100 valence electrons. The maximum absolute atomic E-state index is 12.6. The van der Waals surface area contributed by atoms with E-state index in [0.717, 1.165) is 6.07 Å². The van der Waals surface area contributed by atoms with Crippen LogP contribution in [0.2, 0.25) is 10.0 Å². The van der Waals surface area contributed by atoms with Crippen LogP contribution >= 0.6 is 39.1 Å². The highest BCUT2D eigenvalue weighted by molar-refractivity contribution is 9.10. The Labute approximate surface area is 124 Å². The van der Waals surface area contributed by atoms with Crippen LogP contribution in [0.4, 0.5) is 13.2 Å². The Morgan fingerprint density at radius 2 is 1.68 bits per heavy atom. The Kier molecular flexibility index (Phi) is 4.03. The van der Waals surface area contributed by atoms with E-state index in [1.807, 2.05) is 0 Å². The summed E-state index contributed by atoms with van der Waals surface area (Å²) in [5.41, 5.74) is -0.508. The average molecular weight is 372 g/mol. The molecule has 0 radical (unpaired) electrons. The van der Waals surface area contributed by atoms with Crippen LogP contribution in [0, 0.1) is 0 Å². The Morgan fingerprint density at radius 3 is 2.26 bits per heavy atom. The Bertz CT molecular complexity index is 632. The van der Waals surface area contributed by atoms with Gasteiger partial charge in [-0.1, -0.05) is 29.3 Å². The second kappa shape index (κ2) is 5.26. The molecule has 0 saturated carbocycles. The van der Waals surface area contributed by atoms with Gasteiger partial charge in [-0.05, 0) is 34.1 Å². The molecular formula is C11H4BrCl2F3N2. The van der Waals surface area contributed by atoms with Crippen molar-refractivity contribution in [2.45, 2.75) is 6.18 Å². The predicted molar refractivity (Wildman–Crippen MR) is 70.2 cm³/mol. The molecule has 0 fully saturated rings. The molecule has 2 aromatic rings. The fourth-order valence-electron chi connectivity index (χ4n) is 1.37. The van der Waals surface area contributed by atoms with Crippen LogP contribution in [-0.2, 0) is 6.18 Å². The number of aromatic nitrogens is 2. The SMILES string of the molecule is FC(F)(F)c1cc(-c2ccc(Cl)c(Cl)c2)nc(Br)n1. The van der Waals surface area contributed by atoms with Crippen molar-refractivity contribution in [1.82, 2.24) is 9.97 Å². The highest BCUT2D eigenvalue weighted by Gasteiger charge is 2.33. The van der Waals surface area contributed by atoms with Gasteiger partial charge in [0.2, 0.25) is 0 Å². The van der Waals surface area contributed by atoms with Gasteiger partial charge in [0.15, 0.2) is 4.73 Å². The molecule has 19 heavy (non-hydrogen) atoms. The normalized spacial score (nSPS) is 11.7. The minimum absolute atomic E-state index is 0.104. The standard InChI is InChI=1S/C11H4BrCl2F3N2/c12-10-18-8(4-9(19-10)11(15,16)17)5-1-2-6(13)7(14)3-5/h1-4H. The van der Waals surface area contributed by atoms with Gasteiger partial charge in [0.1, 0.15) is 5.69 Å². The number of rotatable bonds is 1. The van der Waals surface area contributed by atoms with Gasteiger partial charge in [-0.2, -0.15) is 13.2 Å². The predicted octanol–water partition coefficient (Wildman–Crippen LogP) is 5.23. The molecule has 0 amide bonds. The molecule has 0 spiro atoms. The van der Waals surface area contributed by atoms with Crippen LogP contribution in [0.15, 0.2) is 29.0 Å². The van der Waals surface area contributed by atoms with Gasteiger partial charge in [-0.15, -0.1) is 0 Å². The summed E-state index contributed by atoms with van der Waals surface area (Å²) < 4.78 is 37.8. The monoisotopic (exact) mass is 370 g/mol. The van der Waals surface area contributed by atoms with Gasteiger partial charge in [-0.3, -0.25) is 0 Å². The second-order valence-electron chi connectivity index (χ2n) is 3.53. The smallest absolute Gasteiger partial charge is 0.222 e. The van der Waals surface area contributed by atoms with Crippen molar-refractivity contribution >= 4 is 39.1 Å². The first-order valence-corrected chi connectivity index (χ1v) is 6.39. The van der Waals surface area contributed by atoms with E-state index in [4.69, 9.17) is 23.2 Å². The first kappa shape index (κ1) is 14.6. The van der Waals surface area contributed by atoms with Crippen molar-refractivity contribution in [2.24, 2.45) is 0 Å². The molecule has 0 bridgehead atoms. The molecule has 8 heteroatoms. The maximum Gasteiger partial charge on any atom is 0.433 e. The van der Waals surface area contributed by atoms with Crippen molar-refractivity contribution in [2.75, 3.05) is 0 Å². The summed E-state index contributed by atoms with van der Waals surface area (Å²) in [4.78, 5) is 7.18. The fourth-order valence-corrected chi connectivity index (χ4v) is 2.05. The molecule has 1 heterocycles. The summed E-state index contributed by atoms with van der Waals surface area (Å²) in [6.07, 6.45) is -4.55. The van der Waals surface area contributed by atoms with Crippen molar-refractivity contribution in [3.63, 3.8) is 0 Å². The third-order valence-corrected chi connectivity index (χ3v) is 3.30. The van der Waals surface area contributed by atoms with E-state index < -0.39 is 11.9 Å². The van der Waals surface area contributed by atoms with Crippen molar-refractivity contribution in [1.29, 1.82) is 0 Å². The topological polar surface area (TPSA) is 25.8 Å².